The number of halogens is 1. The Balaban J connectivity index is 1.94. The van der Waals surface area contributed by atoms with E-state index in [4.69, 9.17) is 14.2 Å². The number of rotatable bonds is 8. The first-order chi connectivity index (χ1) is 12.9. The van der Waals surface area contributed by atoms with Crippen molar-refractivity contribution in [2.75, 3.05) is 20.3 Å². The number of hydrogen-bond donors (Lipinski definition) is 1. The summed E-state index contributed by atoms with van der Waals surface area (Å²) in [5.74, 6) is 1.54. The molecule has 2 aromatic rings. The average molecular weight is 435 g/mol. The molecule has 0 radical (unpaired) electrons. The van der Waals surface area contributed by atoms with Crippen LogP contribution in [0.2, 0.25) is 0 Å². The number of benzene rings is 2. The third-order valence-electron chi connectivity index (χ3n) is 3.63. The van der Waals surface area contributed by atoms with Crippen molar-refractivity contribution in [3.63, 3.8) is 0 Å². The van der Waals surface area contributed by atoms with Gasteiger partial charge in [0.1, 0.15) is 5.75 Å². The summed E-state index contributed by atoms with van der Waals surface area (Å²) in [7, 11) is 1.57. The molecule has 1 amide bonds. The van der Waals surface area contributed by atoms with Crippen molar-refractivity contribution in [1.82, 2.24) is 5.43 Å². The van der Waals surface area contributed by atoms with Gasteiger partial charge in [0.2, 0.25) is 0 Å². The van der Waals surface area contributed by atoms with Gasteiger partial charge in [-0.05, 0) is 66.0 Å². The quantitative estimate of drug-likeness (QED) is 0.503. The summed E-state index contributed by atoms with van der Waals surface area (Å²) in [4.78, 5) is 11.9. The lowest BCUT2D eigenvalue weighted by Gasteiger charge is -2.12. The molecular weight excluding hydrogens is 412 g/mol. The van der Waals surface area contributed by atoms with E-state index in [0.29, 0.717) is 23.9 Å². The van der Waals surface area contributed by atoms with Crippen LogP contribution in [0.1, 0.15) is 23.6 Å². The van der Waals surface area contributed by atoms with Crippen molar-refractivity contribution in [3.05, 3.63) is 51.5 Å². The highest BCUT2D eigenvalue weighted by Gasteiger charge is 2.10. The summed E-state index contributed by atoms with van der Waals surface area (Å²) in [6.45, 7) is 6.26. The zero-order valence-corrected chi connectivity index (χ0v) is 17.4. The van der Waals surface area contributed by atoms with Gasteiger partial charge >= 0.3 is 0 Å². The number of ether oxygens (including phenoxy) is 3. The molecule has 1 N–H and O–H groups in total. The van der Waals surface area contributed by atoms with Gasteiger partial charge in [-0.15, -0.1) is 0 Å². The maximum Gasteiger partial charge on any atom is 0.277 e. The van der Waals surface area contributed by atoms with Crippen LogP contribution in [0.3, 0.4) is 0 Å². The Bertz CT molecular complexity index is 837. The van der Waals surface area contributed by atoms with Crippen molar-refractivity contribution in [1.29, 1.82) is 0 Å². The number of carbonyl (C=O) groups is 1. The minimum atomic E-state index is -0.344. The van der Waals surface area contributed by atoms with Crippen LogP contribution in [-0.2, 0) is 4.79 Å². The predicted octanol–water partition coefficient (Wildman–Crippen LogP) is 4.00. The maximum atomic E-state index is 11.9. The van der Waals surface area contributed by atoms with Crippen LogP contribution < -0.4 is 19.6 Å². The number of carbonyl (C=O) groups excluding carboxylic acids is 1. The first kappa shape index (κ1) is 20.8. The molecule has 0 bridgehead atoms. The monoisotopic (exact) mass is 434 g/mol. The molecule has 2 aromatic carbocycles. The van der Waals surface area contributed by atoms with Gasteiger partial charge in [-0.2, -0.15) is 5.10 Å². The average Bonchev–Trinajstić information content (AvgIpc) is 2.63. The lowest BCUT2D eigenvalue weighted by atomic mass is 10.1. The van der Waals surface area contributed by atoms with Crippen molar-refractivity contribution >= 4 is 28.1 Å². The maximum absolute atomic E-state index is 11.9. The lowest BCUT2D eigenvalue weighted by Crippen LogP contribution is -2.24. The largest absolute Gasteiger partial charge is 0.493 e. The Labute approximate surface area is 167 Å². The minimum Gasteiger partial charge on any atom is -0.493 e. The summed E-state index contributed by atoms with van der Waals surface area (Å²) in [6, 6.07) is 9.40. The van der Waals surface area contributed by atoms with E-state index in [1.165, 1.54) is 6.21 Å². The molecule has 144 valence electrons. The van der Waals surface area contributed by atoms with Gasteiger partial charge in [-0.1, -0.05) is 17.7 Å². The normalized spacial score (nSPS) is 10.7. The number of amides is 1. The number of hydrazone groups is 1. The summed E-state index contributed by atoms with van der Waals surface area (Å²) in [5.41, 5.74) is 5.32. The fourth-order valence-corrected chi connectivity index (χ4v) is 2.99. The molecule has 0 aromatic heterocycles. The molecule has 0 spiro atoms. The van der Waals surface area contributed by atoms with Crippen LogP contribution in [0.25, 0.3) is 0 Å². The van der Waals surface area contributed by atoms with Gasteiger partial charge in [0.05, 0.1) is 24.4 Å². The second kappa shape index (κ2) is 9.97. The van der Waals surface area contributed by atoms with Crippen molar-refractivity contribution in [2.45, 2.75) is 20.8 Å². The Morgan fingerprint density at radius 2 is 1.96 bits per heavy atom. The first-order valence-electron chi connectivity index (χ1n) is 8.46. The molecule has 27 heavy (non-hydrogen) atoms. The van der Waals surface area contributed by atoms with E-state index in [1.54, 1.807) is 13.2 Å². The molecule has 6 nitrogen and oxygen atoms in total. The third kappa shape index (κ3) is 5.99. The van der Waals surface area contributed by atoms with Gasteiger partial charge in [-0.3, -0.25) is 4.79 Å². The van der Waals surface area contributed by atoms with Crippen molar-refractivity contribution in [3.8, 4) is 17.2 Å². The smallest absolute Gasteiger partial charge is 0.277 e. The van der Waals surface area contributed by atoms with E-state index in [0.717, 1.165) is 21.2 Å². The topological polar surface area (TPSA) is 69.2 Å². The Kier molecular flexibility index (Phi) is 7.67. The SMILES string of the molecule is CCOc1c(Br)cc(/C=N/NC(=O)COc2ccc(C)cc2C)cc1OC. The second-order valence-electron chi connectivity index (χ2n) is 5.82. The highest BCUT2D eigenvalue weighted by atomic mass is 79.9. The number of methoxy groups -OCH3 is 1. The molecule has 0 aliphatic heterocycles. The van der Waals surface area contributed by atoms with E-state index >= 15 is 0 Å². The Morgan fingerprint density at radius 1 is 1.19 bits per heavy atom. The molecule has 0 fully saturated rings. The van der Waals surface area contributed by atoms with E-state index in [1.807, 2.05) is 45.0 Å². The van der Waals surface area contributed by atoms with Crippen molar-refractivity contribution in [2.24, 2.45) is 5.10 Å². The molecule has 0 saturated carbocycles. The molecule has 0 atom stereocenters. The van der Waals surface area contributed by atoms with E-state index in [9.17, 15) is 4.79 Å². The zero-order valence-electron chi connectivity index (χ0n) is 15.8. The van der Waals surface area contributed by atoms with Gasteiger partial charge < -0.3 is 14.2 Å². The van der Waals surface area contributed by atoms with Gasteiger partial charge in [0, 0.05) is 0 Å². The third-order valence-corrected chi connectivity index (χ3v) is 4.22. The summed E-state index contributed by atoms with van der Waals surface area (Å²) >= 11 is 3.45. The zero-order chi connectivity index (χ0) is 19.8. The van der Waals surface area contributed by atoms with Crippen LogP contribution in [-0.4, -0.2) is 32.4 Å². The highest BCUT2D eigenvalue weighted by molar-refractivity contribution is 9.10. The van der Waals surface area contributed by atoms with Crippen LogP contribution in [0.4, 0.5) is 0 Å². The second-order valence-corrected chi connectivity index (χ2v) is 6.67. The summed E-state index contributed by atoms with van der Waals surface area (Å²) in [6.07, 6.45) is 1.53. The predicted molar refractivity (Wildman–Crippen MR) is 109 cm³/mol. The van der Waals surface area contributed by atoms with Crippen LogP contribution >= 0.6 is 15.9 Å². The number of nitrogens with zero attached hydrogens (tertiary/aromatic N) is 1. The molecule has 7 heteroatoms. The fraction of sp³-hybridized carbons (Fsp3) is 0.300. The van der Waals surface area contributed by atoms with Crippen LogP contribution in [0.5, 0.6) is 17.2 Å². The Morgan fingerprint density at radius 3 is 2.63 bits per heavy atom. The molecule has 0 unspecified atom stereocenters. The van der Waals surface area contributed by atoms with Crippen LogP contribution in [0.15, 0.2) is 39.9 Å². The molecular formula is C20H23BrN2O4. The molecule has 2 rings (SSSR count). The van der Waals surface area contributed by atoms with E-state index < -0.39 is 0 Å². The number of aryl methyl sites for hydroxylation is 2. The van der Waals surface area contributed by atoms with Gasteiger partial charge in [0.25, 0.3) is 5.91 Å². The van der Waals surface area contributed by atoms with E-state index in [-0.39, 0.29) is 12.5 Å². The number of hydrogen-bond acceptors (Lipinski definition) is 5. The summed E-state index contributed by atoms with van der Waals surface area (Å²) < 4.78 is 17.1. The standard InChI is InChI=1S/C20H23BrN2O4/c1-5-26-20-16(21)9-15(10-18(20)25-4)11-22-23-19(24)12-27-17-7-6-13(2)8-14(17)3/h6-11H,5,12H2,1-4H3,(H,23,24)/b22-11+. The first-order valence-corrected chi connectivity index (χ1v) is 9.26. The van der Waals surface area contributed by atoms with Gasteiger partial charge in [0.15, 0.2) is 18.1 Å². The number of nitrogens with one attached hydrogen (secondary N) is 1. The van der Waals surface area contributed by atoms with Gasteiger partial charge in [-0.25, -0.2) is 5.43 Å². The minimum absolute atomic E-state index is 0.114. The fourth-order valence-electron chi connectivity index (χ4n) is 2.41. The summed E-state index contributed by atoms with van der Waals surface area (Å²) in [5, 5.41) is 3.96. The Hall–Kier alpha value is -2.54. The molecule has 0 aliphatic carbocycles. The van der Waals surface area contributed by atoms with Crippen molar-refractivity contribution < 1.29 is 19.0 Å². The van der Waals surface area contributed by atoms with Crippen LogP contribution in [0, 0.1) is 13.8 Å². The molecule has 0 aliphatic rings. The molecule has 0 heterocycles. The molecule has 0 saturated heterocycles. The highest BCUT2D eigenvalue weighted by Crippen LogP contribution is 2.36. The van der Waals surface area contributed by atoms with E-state index in [2.05, 4.69) is 26.5 Å². The lowest BCUT2D eigenvalue weighted by molar-refractivity contribution is -0.123.